The molecule has 0 amide bonds. The number of halogens is 5. The van der Waals surface area contributed by atoms with Gasteiger partial charge in [0.1, 0.15) is 10.7 Å². The molecule has 1 rings (SSSR count). The number of rotatable bonds is 3. The Labute approximate surface area is 100 Å². The largest absolute Gasteiger partial charge is 0.416 e. The number of benzene rings is 1. The number of sulfone groups is 1. The molecule has 0 aliphatic heterocycles. The normalized spacial score (nSPS) is 12.8. The van der Waals surface area contributed by atoms with Crippen LogP contribution < -0.4 is 0 Å². The van der Waals surface area contributed by atoms with E-state index in [1.54, 1.807) is 0 Å². The third kappa shape index (κ3) is 3.32. The Kier molecular flexibility index (Phi) is 4.03. The van der Waals surface area contributed by atoms with Gasteiger partial charge in [0.2, 0.25) is 0 Å². The molecule has 8 heteroatoms. The molecule has 1 aromatic carbocycles. The molecule has 0 bridgehead atoms. The minimum absolute atomic E-state index is 0.154. The van der Waals surface area contributed by atoms with Crippen LogP contribution in [-0.4, -0.2) is 20.1 Å². The summed E-state index contributed by atoms with van der Waals surface area (Å²) in [5, 5.41) is 0. The van der Waals surface area contributed by atoms with Crippen molar-refractivity contribution in [3.63, 3.8) is 0 Å². The predicted octanol–water partition coefficient (Wildman–Crippen LogP) is 2.86. The average molecular weight is 291 g/mol. The van der Waals surface area contributed by atoms with Crippen molar-refractivity contribution in [2.24, 2.45) is 0 Å². The van der Waals surface area contributed by atoms with Crippen molar-refractivity contribution >= 4 is 21.4 Å². The molecule has 0 fully saturated rings. The summed E-state index contributed by atoms with van der Waals surface area (Å²) >= 11 is 5.21. The maximum absolute atomic E-state index is 13.3. The van der Waals surface area contributed by atoms with E-state index in [4.69, 9.17) is 11.6 Å². The van der Waals surface area contributed by atoms with Crippen molar-refractivity contribution in [1.29, 1.82) is 0 Å². The van der Waals surface area contributed by atoms with Crippen LogP contribution in [0.2, 0.25) is 0 Å². The lowest BCUT2D eigenvalue weighted by atomic mass is 10.2. The lowest BCUT2D eigenvalue weighted by Gasteiger charge is -2.09. The molecule has 0 radical (unpaired) electrons. The van der Waals surface area contributed by atoms with E-state index in [2.05, 4.69) is 0 Å². The molecule has 0 saturated heterocycles. The molecule has 2 nitrogen and oxygen atoms in total. The van der Waals surface area contributed by atoms with E-state index in [9.17, 15) is 26.0 Å². The minimum Gasteiger partial charge on any atom is -0.224 e. The van der Waals surface area contributed by atoms with Gasteiger partial charge in [0.15, 0.2) is 9.84 Å². The summed E-state index contributed by atoms with van der Waals surface area (Å²) in [6.07, 6.45) is -4.71. The molecular weight excluding hydrogens is 284 g/mol. The first kappa shape index (κ1) is 14.2. The van der Waals surface area contributed by atoms with Gasteiger partial charge in [-0.3, -0.25) is 0 Å². The van der Waals surface area contributed by atoms with Crippen LogP contribution in [0.4, 0.5) is 17.6 Å². The maximum Gasteiger partial charge on any atom is 0.416 e. The van der Waals surface area contributed by atoms with Gasteiger partial charge >= 0.3 is 6.18 Å². The molecule has 0 aliphatic carbocycles. The smallest absolute Gasteiger partial charge is 0.224 e. The van der Waals surface area contributed by atoms with Crippen molar-refractivity contribution in [1.82, 2.24) is 0 Å². The van der Waals surface area contributed by atoms with Crippen LogP contribution in [0.15, 0.2) is 23.1 Å². The molecule has 1 aromatic rings. The van der Waals surface area contributed by atoms with Gasteiger partial charge in [-0.25, -0.2) is 12.8 Å². The maximum atomic E-state index is 13.3. The molecule has 0 spiro atoms. The van der Waals surface area contributed by atoms with E-state index in [1.165, 1.54) is 0 Å². The fourth-order valence-corrected chi connectivity index (χ4v) is 2.80. The van der Waals surface area contributed by atoms with E-state index in [-0.39, 0.29) is 11.9 Å². The van der Waals surface area contributed by atoms with E-state index >= 15 is 0 Å². The van der Waals surface area contributed by atoms with Gasteiger partial charge in [0, 0.05) is 5.88 Å². The van der Waals surface area contributed by atoms with Gasteiger partial charge in [0.05, 0.1) is 11.3 Å². The van der Waals surface area contributed by atoms with E-state index in [0.717, 1.165) is 0 Å². The number of hydrogen-bond donors (Lipinski definition) is 0. The highest BCUT2D eigenvalue weighted by Gasteiger charge is 2.32. The van der Waals surface area contributed by atoms with Crippen LogP contribution in [0.5, 0.6) is 0 Å². The van der Waals surface area contributed by atoms with Gasteiger partial charge in [0.25, 0.3) is 0 Å². The summed E-state index contributed by atoms with van der Waals surface area (Å²) in [4.78, 5) is -0.772. The Morgan fingerprint density at radius 3 is 2.24 bits per heavy atom. The molecule has 0 unspecified atom stereocenters. The summed E-state index contributed by atoms with van der Waals surface area (Å²) < 4.78 is 72.7. The fourth-order valence-electron chi connectivity index (χ4n) is 1.14. The number of alkyl halides is 4. The highest BCUT2D eigenvalue weighted by molar-refractivity contribution is 7.91. The Balaban J connectivity index is 3.24. The zero-order valence-corrected chi connectivity index (χ0v) is 9.83. The first-order valence-electron chi connectivity index (χ1n) is 4.34. The Hall–Kier alpha value is -0.820. The van der Waals surface area contributed by atoms with Crippen LogP contribution in [0.25, 0.3) is 0 Å². The summed E-state index contributed by atoms with van der Waals surface area (Å²) in [7, 11) is -3.98. The second-order valence-corrected chi connectivity index (χ2v) is 5.61. The minimum atomic E-state index is -4.71. The summed E-state index contributed by atoms with van der Waals surface area (Å²) in [5.74, 6) is -2.22. The van der Waals surface area contributed by atoms with Gasteiger partial charge in [-0.05, 0) is 18.2 Å². The SMILES string of the molecule is O=S(=O)(CCCl)c1ccc(C(F)(F)F)cc1F. The Morgan fingerprint density at radius 1 is 1.24 bits per heavy atom. The molecule has 0 saturated carbocycles. The van der Waals surface area contributed by atoms with Crippen LogP contribution in [0, 0.1) is 5.82 Å². The van der Waals surface area contributed by atoms with Gasteiger partial charge in [-0.15, -0.1) is 11.6 Å². The summed E-state index contributed by atoms with van der Waals surface area (Å²) in [5.41, 5.74) is -1.24. The third-order valence-corrected chi connectivity index (χ3v) is 4.10. The third-order valence-electron chi connectivity index (χ3n) is 1.94. The Morgan fingerprint density at radius 2 is 1.82 bits per heavy atom. The quantitative estimate of drug-likeness (QED) is 0.634. The zero-order valence-electron chi connectivity index (χ0n) is 8.26. The van der Waals surface area contributed by atoms with Crippen molar-refractivity contribution in [2.45, 2.75) is 11.1 Å². The van der Waals surface area contributed by atoms with Crippen LogP contribution in [-0.2, 0) is 16.0 Å². The first-order chi connectivity index (χ1) is 7.68. The average Bonchev–Trinajstić information content (AvgIpc) is 2.15. The van der Waals surface area contributed by atoms with Crippen LogP contribution in [0.3, 0.4) is 0 Å². The molecule has 17 heavy (non-hydrogen) atoms. The molecule has 0 aromatic heterocycles. The predicted molar refractivity (Wildman–Crippen MR) is 54.2 cm³/mol. The molecule has 0 aliphatic rings. The summed E-state index contributed by atoms with van der Waals surface area (Å²) in [6, 6.07) is 1.27. The van der Waals surface area contributed by atoms with Crippen molar-refractivity contribution in [2.75, 3.05) is 11.6 Å². The first-order valence-corrected chi connectivity index (χ1v) is 6.52. The van der Waals surface area contributed by atoms with Gasteiger partial charge in [-0.2, -0.15) is 13.2 Å². The molecular formula is C9H7ClF4O2S. The lowest BCUT2D eigenvalue weighted by molar-refractivity contribution is -0.137. The van der Waals surface area contributed by atoms with Crippen molar-refractivity contribution < 1.29 is 26.0 Å². The van der Waals surface area contributed by atoms with E-state index in [1.807, 2.05) is 0 Å². The monoisotopic (exact) mass is 290 g/mol. The molecule has 96 valence electrons. The van der Waals surface area contributed by atoms with Crippen molar-refractivity contribution in [3.8, 4) is 0 Å². The summed E-state index contributed by atoms with van der Waals surface area (Å²) in [6.45, 7) is 0. The van der Waals surface area contributed by atoms with E-state index < -0.39 is 38.0 Å². The van der Waals surface area contributed by atoms with Gasteiger partial charge < -0.3 is 0 Å². The number of hydrogen-bond acceptors (Lipinski definition) is 2. The lowest BCUT2D eigenvalue weighted by Crippen LogP contribution is -2.12. The second-order valence-electron chi connectivity index (χ2n) is 3.15. The van der Waals surface area contributed by atoms with E-state index in [0.29, 0.717) is 12.1 Å². The standard InChI is InChI=1S/C9H7ClF4O2S/c10-3-4-17(15,16)8-2-1-6(5-7(8)11)9(12,13)14/h1-2,5H,3-4H2. The van der Waals surface area contributed by atoms with Gasteiger partial charge in [-0.1, -0.05) is 0 Å². The molecule has 0 heterocycles. The topological polar surface area (TPSA) is 34.1 Å². The highest BCUT2D eigenvalue weighted by atomic mass is 35.5. The van der Waals surface area contributed by atoms with Crippen molar-refractivity contribution in [3.05, 3.63) is 29.6 Å². The molecule has 0 atom stereocenters. The Bertz CT molecular complexity index is 510. The second kappa shape index (κ2) is 4.81. The highest BCUT2D eigenvalue weighted by Crippen LogP contribution is 2.31. The zero-order chi connectivity index (χ0) is 13.3. The molecule has 0 N–H and O–H groups in total. The van der Waals surface area contributed by atoms with Crippen LogP contribution >= 0.6 is 11.6 Å². The fraction of sp³-hybridized carbons (Fsp3) is 0.333. The van der Waals surface area contributed by atoms with Crippen LogP contribution in [0.1, 0.15) is 5.56 Å².